The molecule has 0 bridgehead atoms. The molecule has 9 rings (SSSR count). The lowest BCUT2D eigenvalue weighted by molar-refractivity contribution is -0.674. The van der Waals surface area contributed by atoms with Crippen molar-refractivity contribution in [1.82, 2.24) is 0 Å². The minimum atomic E-state index is -0.974. The highest BCUT2D eigenvalue weighted by Crippen LogP contribution is 2.42. The van der Waals surface area contributed by atoms with E-state index in [0.29, 0.717) is 5.82 Å². The van der Waals surface area contributed by atoms with Crippen LogP contribution in [0.4, 0.5) is 5.69 Å². The van der Waals surface area contributed by atoms with Crippen molar-refractivity contribution in [1.29, 1.82) is 0 Å². The normalized spacial score (nSPS) is 13.7. The first-order valence-electron chi connectivity index (χ1n) is 21.8. The summed E-state index contributed by atoms with van der Waals surface area (Å²) in [4.78, 5) is 2.22. The van der Waals surface area contributed by atoms with E-state index in [1.54, 1.807) is 0 Å². The van der Waals surface area contributed by atoms with Crippen LogP contribution in [0.5, 0.6) is 5.75 Å². The summed E-state index contributed by atoms with van der Waals surface area (Å²) in [6.45, 7) is 12.7. The van der Waals surface area contributed by atoms with Crippen LogP contribution in [0.3, 0.4) is 0 Å². The van der Waals surface area contributed by atoms with Gasteiger partial charge in [-0.3, -0.25) is 0 Å². The van der Waals surface area contributed by atoms with Gasteiger partial charge >= 0.3 is 5.89 Å². The van der Waals surface area contributed by atoms with E-state index in [-0.39, 0.29) is 0 Å². The first kappa shape index (κ1) is 40.9. The fourth-order valence-electron chi connectivity index (χ4n) is 9.31. The van der Waals surface area contributed by atoms with E-state index < -0.39 is 6.15 Å². The van der Waals surface area contributed by atoms with Gasteiger partial charge in [-0.05, 0) is 66.8 Å². The molecule has 5 heteroatoms. The van der Waals surface area contributed by atoms with E-state index >= 15 is 0 Å². The van der Waals surface area contributed by atoms with Crippen molar-refractivity contribution in [3.8, 4) is 28.0 Å². The Labute approximate surface area is 362 Å². The molecule has 1 aromatic heterocycles. The van der Waals surface area contributed by atoms with Gasteiger partial charge in [-0.2, -0.15) is 26.8 Å². The first-order chi connectivity index (χ1) is 29.9. The maximum absolute atomic E-state index is 6.30. The third-order valence-corrected chi connectivity index (χ3v) is 12.5. The number of ether oxygens (including phenoxy) is 1. The number of anilines is 1. The summed E-state index contributed by atoms with van der Waals surface area (Å²) >= 11 is 0. The number of fused-ring (bicyclic) bond motifs is 2. The molecular formula is C56H55BN2O2. The lowest BCUT2D eigenvalue weighted by atomic mass is 9.10. The molecule has 1 unspecified atom stereocenters. The smallest absolute Gasteiger partial charge is 0.374 e. The second-order valence-corrected chi connectivity index (χ2v) is 16.0. The van der Waals surface area contributed by atoms with E-state index in [1.807, 2.05) is 12.1 Å². The maximum atomic E-state index is 6.30. The van der Waals surface area contributed by atoms with Crippen molar-refractivity contribution in [3.05, 3.63) is 211 Å². The molecule has 0 amide bonds. The molecule has 4 nitrogen and oxygen atoms in total. The lowest BCUT2D eigenvalue weighted by Gasteiger charge is -2.48. The van der Waals surface area contributed by atoms with Crippen molar-refractivity contribution in [2.45, 2.75) is 53.4 Å². The number of benzene rings is 7. The largest absolute Gasteiger partial charge is 0.439 e. The molecule has 2 heterocycles. The standard InChI is InChI=1S/C34H31N2O2.C22H24B/c1-4-35-29-22-27(25-12-8-6-9-13-25)16-18-31(29)37-33(35)20-24(3)21-34-36(5-2)30-23-28(17-19-32(30)38-34)26-14-10-7-11-15-26;1-3-19(2)23(20-13-7-4-8-14-20,21-15-9-5-10-16-21)22-17-11-6-12-18-22/h6-23H,4-5H2,1-3H3;4-19H,3H2,1-2H3/q+1;-1. The number of nitrogens with zero attached hydrogens (tertiary/aromatic N) is 2. The quantitative estimate of drug-likeness (QED) is 0.0964. The van der Waals surface area contributed by atoms with Crippen molar-refractivity contribution in [2.24, 2.45) is 0 Å². The molecule has 1 atom stereocenters. The molecule has 61 heavy (non-hydrogen) atoms. The fourth-order valence-corrected chi connectivity index (χ4v) is 9.31. The Balaban J connectivity index is 0.000000191. The van der Waals surface area contributed by atoms with Gasteiger partial charge in [0.15, 0.2) is 5.75 Å². The van der Waals surface area contributed by atoms with Gasteiger partial charge in [-0.25, -0.2) is 0 Å². The van der Waals surface area contributed by atoms with E-state index in [1.165, 1.54) is 38.6 Å². The maximum Gasteiger partial charge on any atom is 0.374 e. The Bertz CT molecular complexity index is 2650. The van der Waals surface area contributed by atoms with Crippen LogP contribution in [0, 0.1) is 0 Å². The van der Waals surface area contributed by atoms with E-state index in [9.17, 15) is 0 Å². The van der Waals surface area contributed by atoms with E-state index in [2.05, 4.69) is 232 Å². The zero-order valence-electron chi connectivity index (χ0n) is 36.0. The van der Waals surface area contributed by atoms with Crippen LogP contribution in [0.15, 0.2) is 210 Å². The Morgan fingerprint density at radius 2 is 1.10 bits per heavy atom. The summed E-state index contributed by atoms with van der Waals surface area (Å²) in [6.07, 6.45) is 4.36. The highest BCUT2D eigenvalue weighted by molar-refractivity contribution is 7.12. The van der Waals surface area contributed by atoms with Gasteiger partial charge in [0, 0.05) is 18.7 Å². The highest BCUT2D eigenvalue weighted by Gasteiger charge is 2.34. The Hall–Kier alpha value is -6.85. The molecule has 0 fully saturated rings. The molecular weight excluding hydrogens is 743 g/mol. The van der Waals surface area contributed by atoms with Crippen molar-refractivity contribution in [3.63, 3.8) is 0 Å². The Morgan fingerprint density at radius 3 is 1.59 bits per heavy atom. The van der Waals surface area contributed by atoms with Crippen LogP contribution in [0.1, 0.15) is 46.9 Å². The number of aromatic nitrogens is 1. The summed E-state index contributed by atoms with van der Waals surface area (Å²) < 4.78 is 14.8. The lowest BCUT2D eigenvalue weighted by Crippen LogP contribution is -2.69. The molecule has 304 valence electrons. The predicted molar refractivity (Wildman–Crippen MR) is 258 cm³/mol. The second kappa shape index (κ2) is 18.6. The molecule has 0 N–H and O–H groups in total. The van der Waals surface area contributed by atoms with Crippen molar-refractivity contribution < 1.29 is 13.7 Å². The van der Waals surface area contributed by atoms with E-state index in [4.69, 9.17) is 9.15 Å². The van der Waals surface area contributed by atoms with Gasteiger partial charge in [-0.1, -0.05) is 184 Å². The molecule has 7 aromatic carbocycles. The van der Waals surface area contributed by atoms with E-state index in [0.717, 1.165) is 59.4 Å². The van der Waals surface area contributed by atoms with Gasteiger partial charge in [0.25, 0.3) is 5.52 Å². The van der Waals surface area contributed by atoms with Crippen molar-refractivity contribution >= 4 is 45.4 Å². The summed E-state index contributed by atoms with van der Waals surface area (Å²) in [6, 6.07) is 66.8. The third kappa shape index (κ3) is 8.34. The van der Waals surface area contributed by atoms with Gasteiger partial charge in [0.1, 0.15) is 6.54 Å². The van der Waals surface area contributed by atoms with Gasteiger partial charge in [0.2, 0.25) is 11.5 Å². The summed E-state index contributed by atoms with van der Waals surface area (Å²) in [5.74, 6) is 3.09. The number of aryl methyl sites for hydroxylation is 1. The first-order valence-corrected chi connectivity index (χ1v) is 21.8. The molecule has 0 radical (unpaired) electrons. The molecule has 0 saturated carbocycles. The summed E-state index contributed by atoms with van der Waals surface area (Å²) in [7, 11) is 0. The monoisotopic (exact) mass is 798 g/mol. The number of allylic oxidation sites excluding steroid dienone is 2. The van der Waals surface area contributed by atoms with Crippen LogP contribution < -0.4 is 30.6 Å². The average molecular weight is 799 g/mol. The Kier molecular flexibility index (Phi) is 12.5. The average Bonchev–Trinajstić information content (AvgIpc) is 3.86. The predicted octanol–water partition coefficient (Wildman–Crippen LogP) is 12.2. The SMILES string of the molecule is CCC(C)[B-](c1ccccc1)(c1ccccc1)c1ccccc1.CCN1/C(=C/C(C)=C/c2oc3ccc(-c4ccccc4)cc3[n+]2CC)Oc2ccc(-c3ccccc3)cc21. The number of hydrogen-bond donors (Lipinski definition) is 0. The highest BCUT2D eigenvalue weighted by atomic mass is 16.5. The molecule has 0 spiro atoms. The zero-order chi connectivity index (χ0) is 42.2. The van der Waals surface area contributed by atoms with Crippen LogP contribution >= 0.6 is 0 Å². The molecule has 1 aliphatic rings. The van der Waals surface area contributed by atoms with Gasteiger partial charge in [-0.15, -0.1) is 0 Å². The number of hydrogen-bond acceptors (Lipinski definition) is 3. The molecule has 8 aromatic rings. The second-order valence-electron chi connectivity index (χ2n) is 16.0. The fraction of sp³-hybridized carbons (Fsp3) is 0.161. The van der Waals surface area contributed by atoms with Gasteiger partial charge < -0.3 is 14.1 Å². The number of rotatable bonds is 11. The summed E-state index contributed by atoms with van der Waals surface area (Å²) in [5, 5.41) is 0. The van der Waals surface area contributed by atoms with Crippen molar-refractivity contribution in [2.75, 3.05) is 11.4 Å². The minimum absolute atomic E-state index is 0.558. The topological polar surface area (TPSA) is 29.5 Å². The van der Waals surface area contributed by atoms with Crippen LogP contribution in [0.2, 0.25) is 5.82 Å². The summed E-state index contributed by atoms with van der Waals surface area (Å²) in [5.41, 5.74) is 13.2. The molecule has 0 aliphatic carbocycles. The minimum Gasteiger partial charge on any atom is -0.439 e. The van der Waals surface area contributed by atoms with Crippen LogP contribution in [0.25, 0.3) is 39.4 Å². The van der Waals surface area contributed by atoms with Gasteiger partial charge in [0.05, 0.1) is 17.9 Å². The van der Waals surface area contributed by atoms with Crippen LogP contribution in [-0.2, 0) is 6.54 Å². The zero-order valence-corrected chi connectivity index (χ0v) is 36.0. The number of oxazole rings is 1. The van der Waals surface area contributed by atoms with Crippen LogP contribution in [-0.4, -0.2) is 12.7 Å². The molecule has 0 saturated heterocycles. The Morgan fingerprint density at radius 1 is 0.607 bits per heavy atom. The molecule has 1 aliphatic heterocycles. The third-order valence-electron chi connectivity index (χ3n) is 12.5.